The standard InChI is InChI=1S/C28H31FN6O9S/c1-30-25(38)31-20-8-9-22-18(13-20)10-11-28(22)24(37)35(27(41)44-28)16-23(36)34(14-17-4-6-19(29)7-5-17)21-3-2-12-33(15-21)45(42,43)32-26(39)40/h4-9,13,21,32H,2-3,10-12,14-16H2,1H3,(H,39,40)(H2,30,31,38)/t21-,28-/m1/s1. The van der Waals surface area contributed by atoms with E-state index in [1.165, 1.54) is 40.9 Å². The Kier molecular flexibility index (Phi) is 8.66. The van der Waals surface area contributed by atoms with E-state index in [1.807, 2.05) is 0 Å². The molecule has 15 nitrogen and oxygen atoms in total. The van der Waals surface area contributed by atoms with Crippen LogP contribution >= 0.6 is 0 Å². The number of ether oxygens (including phenoxy) is 1. The van der Waals surface area contributed by atoms with Crippen molar-refractivity contribution in [2.24, 2.45) is 0 Å². The number of carboxylic acid groups (broad SMARTS) is 1. The van der Waals surface area contributed by atoms with E-state index in [1.54, 1.807) is 18.2 Å². The average molecular weight is 647 g/mol. The van der Waals surface area contributed by atoms with Crippen LogP contribution in [0.4, 0.5) is 24.5 Å². The van der Waals surface area contributed by atoms with Crippen molar-refractivity contribution in [1.29, 1.82) is 0 Å². The Morgan fingerprint density at radius 3 is 2.58 bits per heavy atom. The first-order chi connectivity index (χ1) is 21.3. The highest BCUT2D eigenvalue weighted by atomic mass is 32.2. The van der Waals surface area contributed by atoms with E-state index < -0.39 is 64.2 Å². The first-order valence-corrected chi connectivity index (χ1v) is 15.5. The lowest BCUT2D eigenvalue weighted by molar-refractivity contribution is -0.143. The maximum atomic E-state index is 13.8. The molecule has 6 amide bonds. The van der Waals surface area contributed by atoms with Crippen molar-refractivity contribution in [1.82, 2.24) is 24.1 Å². The molecule has 2 aromatic rings. The monoisotopic (exact) mass is 646 g/mol. The molecule has 2 aromatic carbocycles. The van der Waals surface area contributed by atoms with Gasteiger partial charge in [-0.1, -0.05) is 18.2 Å². The van der Waals surface area contributed by atoms with Crippen molar-refractivity contribution in [3.05, 3.63) is 65.0 Å². The Morgan fingerprint density at radius 1 is 1.16 bits per heavy atom. The van der Waals surface area contributed by atoms with Crippen molar-refractivity contribution in [2.75, 3.05) is 32.0 Å². The number of hydrogen-bond donors (Lipinski definition) is 4. The van der Waals surface area contributed by atoms with Crippen LogP contribution in [0.15, 0.2) is 42.5 Å². The van der Waals surface area contributed by atoms with Crippen molar-refractivity contribution < 1.29 is 46.6 Å². The molecule has 3 aliphatic rings. The molecule has 45 heavy (non-hydrogen) atoms. The van der Waals surface area contributed by atoms with E-state index in [0.29, 0.717) is 41.6 Å². The van der Waals surface area contributed by atoms with Crippen molar-refractivity contribution in [3.8, 4) is 0 Å². The molecule has 1 spiro atoms. The zero-order valence-electron chi connectivity index (χ0n) is 24.1. The minimum atomic E-state index is -4.42. The zero-order chi connectivity index (χ0) is 32.5. The second-order valence-corrected chi connectivity index (χ2v) is 12.5. The van der Waals surface area contributed by atoms with Crippen LogP contribution in [-0.4, -0.2) is 90.4 Å². The number of halogens is 1. The number of fused-ring (bicyclic) bond motifs is 2. The van der Waals surface area contributed by atoms with E-state index in [4.69, 9.17) is 9.84 Å². The van der Waals surface area contributed by atoms with Crippen LogP contribution in [-0.2, 0) is 43.1 Å². The number of carbonyl (C=O) groups is 5. The van der Waals surface area contributed by atoms with E-state index in [2.05, 4.69) is 10.6 Å². The largest absolute Gasteiger partial charge is 0.464 e. The number of hydrogen-bond acceptors (Lipinski definition) is 8. The quantitative estimate of drug-likeness (QED) is 0.330. The molecule has 2 saturated heterocycles. The number of rotatable bonds is 8. The summed E-state index contributed by atoms with van der Waals surface area (Å²) in [5, 5.41) is 14.1. The van der Waals surface area contributed by atoms with E-state index in [-0.39, 0.29) is 26.1 Å². The van der Waals surface area contributed by atoms with Gasteiger partial charge in [0.05, 0.1) is 0 Å². The van der Waals surface area contributed by atoms with Crippen LogP contribution in [0.2, 0.25) is 0 Å². The van der Waals surface area contributed by atoms with Gasteiger partial charge in [-0.15, -0.1) is 0 Å². The molecule has 4 N–H and O–H groups in total. The predicted octanol–water partition coefficient (Wildman–Crippen LogP) is 1.70. The third kappa shape index (κ3) is 6.39. The molecule has 0 radical (unpaired) electrons. The number of benzene rings is 2. The Hall–Kier alpha value is -4.77. The lowest BCUT2D eigenvalue weighted by Crippen LogP contribution is -2.55. The molecule has 2 aliphatic heterocycles. The van der Waals surface area contributed by atoms with Crippen molar-refractivity contribution in [2.45, 2.75) is 43.9 Å². The zero-order valence-corrected chi connectivity index (χ0v) is 24.9. The molecule has 5 rings (SSSR count). The summed E-state index contributed by atoms with van der Waals surface area (Å²) in [6, 6.07) is 8.95. The third-order valence-corrected chi connectivity index (χ3v) is 9.52. The minimum Gasteiger partial charge on any atom is -0.464 e. The van der Waals surface area contributed by atoms with Crippen LogP contribution in [0, 0.1) is 5.82 Å². The van der Waals surface area contributed by atoms with Gasteiger partial charge < -0.3 is 25.4 Å². The van der Waals surface area contributed by atoms with Gasteiger partial charge in [0.2, 0.25) is 11.5 Å². The maximum absolute atomic E-state index is 13.8. The lowest BCUT2D eigenvalue weighted by atomic mass is 9.94. The first kappa shape index (κ1) is 31.6. The number of urea groups is 1. The van der Waals surface area contributed by atoms with Gasteiger partial charge in [-0.3, -0.25) is 9.59 Å². The van der Waals surface area contributed by atoms with E-state index in [9.17, 15) is 36.8 Å². The number of anilines is 1. The first-order valence-electron chi connectivity index (χ1n) is 14.0. The molecule has 0 aromatic heterocycles. The summed E-state index contributed by atoms with van der Waals surface area (Å²) in [5.74, 6) is -1.93. The molecule has 2 heterocycles. The Morgan fingerprint density at radius 2 is 1.89 bits per heavy atom. The number of nitrogens with zero attached hydrogens (tertiary/aromatic N) is 3. The summed E-state index contributed by atoms with van der Waals surface area (Å²) in [6.07, 6.45) is -1.65. The summed E-state index contributed by atoms with van der Waals surface area (Å²) < 4.78 is 46.8. The van der Waals surface area contributed by atoms with Crippen LogP contribution in [0.5, 0.6) is 0 Å². The van der Waals surface area contributed by atoms with Gasteiger partial charge in [-0.2, -0.15) is 12.7 Å². The van der Waals surface area contributed by atoms with Crippen LogP contribution < -0.4 is 15.4 Å². The number of imide groups is 1. The fraction of sp³-hybridized carbons (Fsp3) is 0.393. The minimum absolute atomic E-state index is 0.0108. The number of piperidine rings is 1. The third-order valence-electron chi connectivity index (χ3n) is 8.08. The van der Waals surface area contributed by atoms with Gasteiger partial charge in [0.25, 0.3) is 5.91 Å². The van der Waals surface area contributed by atoms with E-state index >= 15 is 0 Å². The summed E-state index contributed by atoms with van der Waals surface area (Å²) in [4.78, 5) is 65.5. The van der Waals surface area contributed by atoms with Gasteiger partial charge in [0, 0.05) is 50.4 Å². The Bertz CT molecular complexity index is 1650. The summed E-state index contributed by atoms with van der Waals surface area (Å²) >= 11 is 0. The summed E-state index contributed by atoms with van der Waals surface area (Å²) in [6.45, 7) is -1.05. The molecule has 1 aliphatic carbocycles. The van der Waals surface area contributed by atoms with Crippen molar-refractivity contribution >= 4 is 45.9 Å². The summed E-state index contributed by atoms with van der Waals surface area (Å²) in [5.41, 5.74) is 0.479. The average Bonchev–Trinajstić information content (AvgIpc) is 3.47. The Balaban J connectivity index is 1.38. The smallest absolute Gasteiger partial charge is 0.419 e. The number of amides is 6. The molecule has 2 atom stereocenters. The highest BCUT2D eigenvalue weighted by Gasteiger charge is 2.58. The molecule has 0 unspecified atom stereocenters. The summed E-state index contributed by atoms with van der Waals surface area (Å²) in [7, 11) is -2.95. The van der Waals surface area contributed by atoms with Gasteiger partial charge in [0.1, 0.15) is 12.4 Å². The molecule has 0 bridgehead atoms. The van der Waals surface area contributed by atoms with Crippen LogP contribution in [0.25, 0.3) is 0 Å². The van der Waals surface area contributed by atoms with Crippen LogP contribution in [0.1, 0.15) is 36.0 Å². The van der Waals surface area contributed by atoms with Gasteiger partial charge in [-0.25, -0.2) is 28.4 Å². The lowest BCUT2D eigenvalue weighted by Gasteiger charge is -2.39. The highest BCUT2D eigenvalue weighted by molar-refractivity contribution is 7.87. The number of aryl methyl sites for hydroxylation is 1. The molecule has 0 saturated carbocycles. The maximum Gasteiger partial charge on any atom is 0.419 e. The molecular formula is C28H31FN6O9S. The fourth-order valence-corrected chi connectivity index (χ4v) is 7.01. The highest BCUT2D eigenvalue weighted by Crippen LogP contribution is 2.46. The second kappa shape index (κ2) is 12.3. The van der Waals surface area contributed by atoms with Gasteiger partial charge >= 0.3 is 28.4 Å². The van der Waals surface area contributed by atoms with E-state index in [0.717, 1.165) is 9.21 Å². The normalized spacial score (nSPS) is 21.3. The molecule has 2 fully saturated rings. The number of carbonyl (C=O) groups excluding carboxylic acids is 4. The predicted molar refractivity (Wildman–Crippen MR) is 154 cm³/mol. The molecular weight excluding hydrogens is 615 g/mol. The van der Waals surface area contributed by atoms with Gasteiger partial charge in [-0.05, 0) is 54.7 Å². The Labute approximate surface area is 257 Å². The topological polar surface area (TPSA) is 195 Å². The van der Waals surface area contributed by atoms with Gasteiger partial charge in [0.15, 0.2) is 0 Å². The molecule has 240 valence electrons. The van der Waals surface area contributed by atoms with Crippen molar-refractivity contribution in [3.63, 3.8) is 0 Å². The second-order valence-electron chi connectivity index (χ2n) is 10.9. The number of nitrogens with one attached hydrogen (secondary N) is 3. The van der Waals surface area contributed by atoms with Crippen LogP contribution in [0.3, 0.4) is 0 Å². The SMILES string of the molecule is CNC(=O)Nc1ccc2c(c1)CC[C@@]21OC(=O)N(CC(=O)N(Cc2ccc(F)cc2)[C@@H]2CCCN(S(=O)(=O)NC(=O)O)C2)C1=O. The molecule has 17 heteroatoms. The fourth-order valence-electron chi connectivity index (χ4n) is 5.93.